The van der Waals surface area contributed by atoms with Crippen molar-refractivity contribution in [2.75, 3.05) is 0 Å². The second kappa shape index (κ2) is 8.52. The molecule has 25 heavy (non-hydrogen) atoms. The van der Waals surface area contributed by atoms with Gasteiger partial charge in [0.05, 0.1) is 12.2 Å². The fraction of sp³-hybridized carbons (Fsp3) is 0.350. The third-order valence-electron chi connectivity index (χ3n) is 4.18. The third kappa shape index (κ3) is 4.84. The lowest BCUT2D eigenvalue weighted by atomic mass is 10.2. The highest BCUT2D eigenvalue weighted by Crippen LogP contribution is 2.32. The molecule has 1 fully saturated rings. The van der Waals surface area contributed by atoms with Crippen LogP contribution in [0.25, 0.3) is 0 Å². The Kier molecular flexibility index (Phi) is 6.13. The fourth-order valence-corrected chi connectivity index (χ4v) is 3.62. The molecule has 4 nitrogen and oxygen atoms in total. The predicted molar refractivity (Wildman–Crippen MR) is 99.3 cm³/mol. The third-order valence-corrected chi connectivity index (χ3v) is 5.41. The number of benzene rings is 2. The maximum Gasteiger partial charge on any atom is 0.238 e. The lowest BCUT2D eigenvalue weighted by Crippen LogP contribution is -2.40. The Morgan fingerprint density at radius 2 is 1.56 bits per heavy atom. The predicted octanol–water partition coefficient (Wildman–Crippen LogP) is 3.61. The van der Waals surface area contributed by atoms with Gasteiger partial charge in [0.15, 0.2) is 6.29 Å². The van der Waals surface area contributed by atoms with Crippen LogP contribution in [0.1, 0.15) is 19.4 Å². The van der Waals surface area contributed by atoms with Crippen molar-refractivity contribution in [2.45, 2.75) is 49.0 Å². The van der Waals surface area contributed by atoms with Crippen molar-refractivity contribution in [3.63, 3.8) is 0 Å². The van der Waals surface area contributed by atoms with E-state index in [0.29, 0.717) is 6.54 Å². The largest absolute Gasteiger partial charge is 0.351 e. The minimum absolute atomic E-state index is 0.0224. The molecule has 1 heterocycles. The van der Waals surface area contributed by atoms with Gasteiger partial charge in [0.2, 0.25) is 5.91 Å². The second-order valence-electron chi connectivity index (χ2n) is 6.11. The zero-order valence-corrected chi connectivity index (χ0v) is 15.2. The minimum atomic E-state index is -0.550. The van der Waals surface area contributed by atoms with Crippen LogP contribution in [-0.4, -0.2) is 29.7 Å². The van der Waals surface area contributed by atoms with Crippen molar-refractivity contribution in [1.29, 1.82) is 0 Å². The molecule has 0 saturated carbocycles. The highest BCUT2D eigenvalue weighted by molar-refractivity contribution is 8.00. The summed E-state index contributed by atoms with van der Waals surface area (Å²) < 4.78 is 11.8. The number of rotatable bonds is 6. The molecule has 3 atom stereocenters. The van der Waals surface area contributed by atoms with E-state index in [9.17, 15) is 4.79 Å². The first-order valence-electron chi connectivity index (χ1n) is 8.48. The molecule has 2 aromatic rings. The Balaban J connectivity index is 1.70. The topological polar surface area (TPSA) is 47.6 Å². The Morgan fingerprint density at radius 1 is 1.00 bits per heavy atom. The van der Waals surface area contributed by atoms with Crippen LogP contribution in [0.2, 0.25) is 0 Å². The summed E-state index contributed by atoms with van der Waals surface area (Å²) in [5.74, 6) is -0.0796. The van der Waals surface area contributed by atoms with Crippen molar-refractivity contribution >= 4 is 17.7 Å². The first kappa shape index (κ1) is 18.0. The number of carbonyl (C=O) groups excluding carboxylic acids is 1. The van der Waals surface area contributed by atoms with E-state index in [0.717, 1.165) is 10.5 Å². The van der Waals surface area contributed by atoms with Crippen molar-refractivity contribution < 1.29 is 14.3 Å². The molecule has 0 bridgehead atoms. The van der Waals surface area contributed by atoms with E-state index in [1.165, 1.54) is 11.8 Å². The molecule has 1 amide bonds. The lowest BCUT2D eigenvalue weighted by Gasteiger charge is -2.22. The zero-order valence-electron chi connectivity index (χ0n) is 14.4. The molecule has 1 unspecified atom stereocenters. The van der Waals surface area contributed by atoms with Gasteiger partial charge in [-0.25, -0.2) is 0 Å². The molecule has 0 aromatic heterocycles. The van der Waals surface area contributed by atoms with Gasteiger partial charge in [-0.15, -0.1) is 11.8 Å². The standard InChI is InChI=1S/C20H23NO3S/c1-14-15(2)24-20(23-14)18(25-17-11-7-4-8-12-17)19(22)21-13-16-9-5-3-6-10-16/h3-12,14-15,18,20H,13H2,1-2H3,(H,21,22)/t14-,15-,18?/m1/s1. The first-order valence-corrected chi connectivity index (χ1v) is 9.35. The highest BCUT2D eigenvalue weighted by Gasteiger charge is 2.39. The van der Waals surface area contributed by atoms with Crippen molar-refractivity contribution in [3.05, 3.63) is 66.2 Å². The molecule has 1 aliphatic heterocycles. The molecular formula is C20H23NO3S. The molecule has 0 spiro atoms. The summed E-state index contributed by atoms with van der Waals surface area (Å²) in [6, 6.07) is 19.7. The number of hydrogen-bond donors (Lipinski definition) is 1. The van der Waals surface area contributed by atoms with E-state index in [1.807, 2.05) is 74.5 Å². The smallest absolute Gasteiger partial charge is 0.238 e. The maximum atomic E-state index is 12.8. The van der Waals surface area contributed by atoms with Gasteiger partial charge in [0.25, 0.3) is 0 Å². The van der Waals surface area contributed by atoms with Crippen LogP contribution < -0.4 is 5.32 Å². The van der Waals surface area contributed by atoms with E-state index >= 15 is 0 Å². The maximum absolute atomic E-state index is 12.8. The number of amides is 1. The number of hydrogen-bond acceptors (Lipinski definition) is 4. The van der Waals surface area contributed by atoms with Gasteiger partial charge in [-0.05, 0) is 31.5 Å². The molecule has 5 heteroatoms. The normalized spacial score (nSPS) is 21.8. The summed E-state index contributed by atoms with van der Waals surface area (Å²) in [6.45, 7) is 4.43. The van der Waals surface area contributed by atoms with Crippen LogP contribution in [0, 0.1) is 0 Å². The zero-order chi connectivity index (χ0) is 17.6. The molecule has 1 N–H and O–H groups in total. The van der Waals surface area contributed by atoms with E-state index in [-0.39, 0.29) is 18.1 Å². The van der Waals surface area contributed by atoms with Gasteiger partial charge in [0, 0.05) is 11.4 Å². The van der Waals surface area contributed by atoms with Gasteiger partial charge in [-0.1, -0.05) is 48.5 Å². The van der Waals surface area contributed by atoms with Gasteiger partial charge in [0.1, 0.15) is 5.25 Å². The highest BCUT2D eigenvalue weighted by atomic mass is 32.2. The van der Waals surface area contributed by atoms with Crippen molar-refractivity contribution in [3.8, 4) is 0 Å². The average molecular weight is 357 g/mol. The van der Waals surface area contributed by atoms with Crippen LogP contribution >= 0.6 is 11.8 Å². The summed E-state index contributed by atoms with van der Waals surface area (Å²) in [6.07, 6.45) is -0.595. The summed E-state index contributed by atoms with van der Waals surface area (Å²) >= 11 is 1.47. The summed E-state index contributed by atoms with van der Waals surface area (Å²) in [4.78, 5) is 13.8. The number of thioether (sulfide) groups is 1. The van der Waals surface area contributed by atoms with Crippen LogP contribution in [0.5, 0.6) is 0 Å². The molecule has 0 aliphatic carbocycles. The summed E-state index contributed by atoms with van der Waals surface area (Å²) in [5.41, 5.74) is 1.06. The van der Waals surface area contributed by atoms with E-state index in [1.54, 1.807) is 0 Å². The van der Waals surface area contributed by atoms with Crippen LogP contribution in [0.15, 0.2) is 65.6 Å². The molecule has 0 radical (unpaired) electrons. The van der Waals surface area contributed by atoms with Gasteiger partial charge >= 0.3 is 0 Å². The molecule has 2 aromatic carbocycles. The molecular weight excluding hydrogens is 334 g/mol. The van der Waals surface area contributed by atoms with Crippen molar-refractivity contribution in [2.24, 2.45) is 0 Å². The molecule has 1 aliphatic rings. The van der Waals surface area contributed by atoms with Crippen LogP contribution in [-0.2, 0) is 20.8 Å². The summed E-state index contributed by atoms with van der Waals surface area (Å²) in [7, 11) is 0. The summed E-state index contributed by atoms with van der Waals surface area (Å²) in [5, 5.41) is 2.55. The Hall–Kier alpha value is -1.82. The number of carbonyl (C=O) groups is 1. The Morgan fingerprint density at radius 3 is 2.16 bits per heavy atom. The fourth-order valence-electron chi connectivity index (χ4n) is 2.58. The minimum Gasteiger partial charge on any atom is -0.351 e. The molecule has 1 saturated heterocycles. The van der Waals surface area contributed by atoms with Gasteiger partial charge < -0.3 is 14.8 Å². The quantitative estimate of drug-likeness (QED) is 0.802. The van der Waals surface area contributed by atoms with E-state index < -0.39 is 11.5 Å². The Bertz CT molecular complexity index is 670. The molecule has 3 rings (SSSR count). The van der Waals surface area contributed by atoms with Gasteiger partial charge in [-0.2, -0.15) is 0 Å². The van der Waals surface area contributed by atoms with Gasteiger partial charge in [-0.3, -0.25) is 4.79 Å². The van der Waals surface area contributed by atoms with E-state index in [4.69, 9.17) is 9.47 Å². The monoisotopic (exact) mass is 357 g/mol. The SMILES string of the molecule is C[C@H]1OC(C(Sc2ccccc2)C(=O)NCc2ccccc2)O[C@@H]1C. The number of ether oxygens (including phenoxy) is 2. The Labute approximate surface area is 152 Å². The number of nitrogens with one attached hydrogen (secondary N) is 1. The second-order valence-corrected chi connectivity index (χ2v) is 7.32. The first-order chi connectivity index (χ1) is 12.1. The van der Waals surface area contributed by atoms with E-state index in [2.05, 4.69) is 5.32 Å². The molecule has 132 valence electrons. The van der Waals surface area contributed by atoms with Crippen LogP contribution in [0.4, 0.5) is 0 Å². The van der Waals surface area contributed by atoms with Crippen LogP contribution in [0.3, 0.4) is 0 Å². The average Bonchev–Trinajstić information content (AvgIpc) is 2.98. The lowest BCUT2D eigenvalue weighted by molar-refractivity contribution is -0.130. The van der Waals surface area contributed by atoms with Crippen molar-refractivity contribution in [1.82, 2.24) is 5.32 Å².